The molecule has 3 rings (SSSR count). The van der Waals surface area contributed by atoms with Gasteiger partial charge in [0.2, 0.25) is 17.7 Å². The maximum atomic E-state index is 13.2. The van der Waals surface area contributed by atoms with Crippen molar-refractivity contribution in [2.45, 2.75) is 51.6 Å². The van der Waals surface area contributed by atoms with E-state index in [0.717, 1.165) is 11.3 Å². The summed E-state index contributed by atoms with van der Waals surface area (Å²) in [6.45, 7) is 4.62. The molecule has 10 nitrogen and oxygen atoms in total. The van der Waals surface area contributed by atoms with Gasteiger partial charge in [0.05, 0.1) is 25.6 Å². The van der Waals surface area contributed by atoms with Crippen LogP contribution in [0.5, 0.6) is 11.5 Å². The largest absolute Gasteiger partial charge is 0.497 e. The highest BCUT2D eigenvalue weighted by Crippen LogP contribution is 2.19. The van der Waals surface area contributed by atoms with E-state index in [1.165, 1.54) is 4.90 Å². The number of likely N-dealkylation sites (N-methyl/N-ethyl adjacent to an activating group) is 1. The Labute approximate surface area is 235 Å². The summed E-state index contributed by atoms with van der Waals surface area (Å²) in [6, 6.07) is 12.5. The number of methoxy groups -OCH3 is 1. The van der Waals surface area contributed by atoms with Crippen molar-refractivity contribution in [2.75, 3.05) is 33.9 Å². The first-order chi connectivity index (χ1) is 19.2. The predicted octanol–water partition coefficient (Wildman–Crippen LogP) is 2.31. The van der Waals surface area contributed by atoms with Gasteiger partial charge in [-0.15, -0.1) is 0 Å². The van der Waals surface area contributed by atoms with Gasteiger partial charge in [-0.05, 0) is 48.6 Å². The van der Waals surface area contributed by atoms with Crippen molar-refractivity contribution in [1.29, 1.82) is 0 Å². The number of nitrogens with zero attached hydrogens (tertiary/aromatic N) is 1. The van der Waals surface area contributed by atoms with E-state index in [-0.39, 0.29) is 37.0 Å². The van der Waals surface area contributed by atoms with Crippen molar-refractivity contribution in [3.05, 3.63) is 59.7 Å². The van der Waals surface area contributed by atoms with E-state index in [1.54, 1.807) is 38.4 Å². The molecular weight excluding hydrogens is 512 g/mol. The molecule has 0 unspecified atom stereocenters. The molecule has 0 bridgehead atoms. The summed E-state index contributed by atoms with van der Waals surface area (Å²) in [4.78, 5) is 54.3. The molecule has 40 heavy (non-hydrogen) atoms. The molecule has 1 aliphatic heterocycles. The Morgan fingerprint density at radius 2 is 1.93 bits per heavy atom. The smallest absolute Gasteiger partial charge is 0.255 e. The first-order valence-electron chi connectivity index (χ1n) is 13.7. The summed E-state index contributed by atoms with van der Waals surface area (Å²) >= 11 is 0. The van der Waals surface area contributed by atoms with Crippen LogP contribution in [0.25, 0.3) is 0 Å². The molecule has 216 valence electrons. The molecule has 0 fully saturated rings. The summed E-state index contributed by atoms with van der Waals surface area (Å²) < 4.78 is 11.1. The molecule has 1 aliphatic rings. The van der Waals surface area contributed by atoms with E-state index < -0.39 is 29.8 Å². The first kappa shape index (κ1) is 30.5. The summed E-state index contributed by atoms with van der Waals surface area (Å²) in [5.74, 6) is -0.780. The standard InChI is InChI=1S/C30H40N4O6/c1-5-20(2)27-30(38)34(3)16-17-40-25-14-7-6-13-23(25)28(36)32-24(19-26(35)33-27)29(37)31-15-9-11-21-10-8-12-22(18-21)39-4/h6-8,10,12-14,18,20,24,27H,5,9,11,15-17,19H2,1-4H3,(H,31,37)(H,32,36)(H,33,35)/t20-,24-,27-/m0/s1. The molecular formula is C30H40N4O6. The highest BCUT2D eigenvalue weighted by Gasteiger charge is 2.31. The van der Waals surface area contributed by atoms with Crippen molar-refractivity contribution in [1.82, 2.24) is 20.9 Å². The van der Waals surface area contributed by atoms with Crippen LogP contribution in [-0.2, 0) is 20.8 Å². The average Bonchev–Trinajstić information content (AvgIpc) is 2.96. The number of fused-ring (bicyclic) bond motifs is 1. The number of carbonyl (C=O) groups is 4. The molecule has 0 radical (unpaired) electrons. The SMILES string of the molecule is CC[C@H](C)[C@@H]1NC(=O)C[C@@H](C(=O)NCCCc2cccc(OC)c2)NC(=O)c2ccccc2OCCN(C)C1=O. The van der Waals surface area contributed by atoms with Crippen molar-refractivity contribution in [2.24, 2.45) is 5.92 Å². The molecule has 2 aromatic carbocycles. The molecule has 3 atom stereocenters. The number of rotatable bonds is 8. The number of carbonyl (C=O) groups excluding carboxylic acids is 4. The Kier molecular flexibility index (Phi) is 11.4. The van der Waals surface area contributed by atoms with Gasteiger partial charge >= 0.3 is 0 Å². The molecule has 3 N–H and O–H groups in total. The quantitative estimate of drug-likeness (QED) is 0.432. The summed E-state index contributed by atoms with van der Waals surface area (Å²) in [5, 5.41) is 8.35. The lowest BCUT2D eigenvalue weighted by Crippen LogP contribution is -2.54. The Hall–Kier alpha value is -4.08. The molecule has 1 heterocycles. The Bertz CT molecular complexity index is 1190. The number of aryl methyl sites for hydroxylation is 1. The number of benzene rings is 2. The van der Waals surface area contributed by atoms with Crippen molar-refractivity contribution in [3.8, 4) is 11.5 Å². The van der Waals surface area contributed by atoms with Gasteiger partial charge in [-0.25, -0.2) is 0 Å². The fourth-order valence-electron chi connectivity index (χ4n) is 4.42. The Balaban J connectivity index is 1.77. The molecule has 0 aromatic heterocycles. The third-order valence-electron chi connectivity index (χ3n) is 7.07. The zero-order chi connectivity index (χ0) is 29.1. The number of hydrogen-bond donors (Lipinski definition) is 3. The highest BCUT2D eigenvalue weighted by atomic mass is 16.5. The molecule has 2 aromatic rings. The summed E-state index contributed by atoms with van der Waals surface area (Å²) in [6.07, 6.45) is 1.72. The second kappa shape index (κ2) is 14.9. The number of nitrogens with one attached hydrogen (secondary N) is 3. The number of amides is 4. The van der Waals surface area contributed by atoms with Crippen LogP contribution in [0.1, 0.15) is 49.0 Å². The lowest BCUT2D eigenvalue weighted by Gasteiger charge is -2.29. The molecule has 4 amide bonds. The zero-order valence-corrected chi connectivity index (χ0v) is 23.7. The second-order valence-corrected chi connectivity index (χ2v) is 10.0. The van der Waals surface area contributed by atoms with Crippen LogP contribution in [0.3, 0.4) is 0 Å². The maximum Gasteiger partial charge on any atom is 0.255 e. The van der Waals surface area contributed by atoms with Crippen LogP contribution >= 0.6 is 0 Å². The Morgan fingerprint density at radius 1 is 1.15 bits per heavy atom. The molecule has 0 saturated carbocycles. The number of para-hydroxylation sites is 1. The predicted molar refractivity (Wildman–Crippen MR) is 151 cm³/mol. The number of ether oxygens (including phenoxy) is 2. The van der Waals surface area contributed by atoms with Gasteiger partial charge < -0.3 is 30.3 Å². The van der Waals surface area contributed by atoms with Crippen LogP contribution in [0.4, 0.5) is 0 Å². The lowest BCUT2D eigenvalue weighted by molar-refractivity contribution is -0.137. The topological polar surface area (TPSA) is 126 Å². The van der Waals surface area contributed by atoms with Gasteiger partial charge in [0.25, 0.3) is 5.91 Å². The van der Waals surface area contributed by atoms with Crippen LogP contribution in [-0.4, -0.2) is 74.5 Å². The molecule has 0 saturated heterocycles. The molecule has 0 spiro atoms. The van der Waals surface area contributed by atoms with E-state index in [4.69, 9.17) is 9.47 Å². The van der Waals surface area contributed by atoms with Crippen LogP contribution < -0.4 is 25.4 Å². The lowest BCUT2D eigenvalue weighted by atomic mass is 9.97. The minimum atomic E-state index is -1.15. The first-order valence-corrected chi connectivity index (χ1v) is 13.7. The van der Waals surface area contributed by atoms with Crippen LogP contribution in [0, 0.1) is 5.92 Å². The molecule has 10 heteroatoms. The van der Waals surface area contributed by atoms with Crippen molar-refractivity contribution < 1.29 is 28.7 Å². The van der Waals surface area contributed by atoms with Crippen LogP contribution in [0.15, 0.2) is 48.5 Å². The van der Waals surface area contributed by atoms with Crippen molar-refractivity contribution >= 4 is 23.6 Å². The normalized spacial score (nSPS) is 19.3. The minimum absolute atomic E-state index is 0.132. The average molecular weight is 553 g/mol. The number of hydrogen-bond acceptors (Lipinski definition) is 6. The fraction of sp³-hybridized carbons (Fsp3) is 0.467. The van der Waals surface area contributed by atoms with E-state index in [9.17, 15) is 19.2 Å². The summed E-state index contributed by atoms with van der Waals surface area (Å²) in [7, 11) is 3.26. The van der Waals surface area contributed by atoms with Gasteiger partial charge in [0.1, 0.15) is 30.2 Å². The third-order valence-corrected chi connectivity index (χ3v) is 7.07. The van der Waals surface area contributed by atoms with Gasteiger partial charge in [-0.2, -0.15) is 0 Å². The molecule has 0 aliphatic carbocycles. The van der Waals surface area contributed by atoms with Crippen molar-refractivity contribution in [3.63, 3.8) is 0 Å². The van der Waals surface area contributed by atoms with E-state index in [2.05, 4.69) is 16.0 Å². The van der Waals surface area contributed by atoms with Gasteiger partial charge in [0, 0.05) is 13.6 Å². The third kappa shape index (κ3) is 8.46. The van der Waals surface area contributed by atoms with E-state index in [0.29, 0.717) is 31.6 Å². The van der Waals surface area contributed by atoms with Gasteiger partial charge in [-0.1, -0.05) is 44.5 Å². The Morgan fingerprint density at radius 3 is 2.67 bits per heavy atom. The zero-order valence-electron chi connectivity index (χ0n) is 23.7. The van der Waals surface area contributed by atoms with Crippen LogP contribution in [0.2, 0.25) is 0 Å². The van der Waals surface area contributed by atoms with E-state index >= 15 is 0 Å². The fourth-order valence-corrected chi connectivity index (χ4v) is 4.42. The summed E-state index contributed by atoms with van der Waals surface area (Å²) in [5.41, 5.74) is 1.31. The second-order valence-electron chi connectivity index (χ2n) is 10.0. The van der Waals surface area contributed by atoms with Gasteiger partial charge in [0.15, 0.2) is 0 Å². The maximum absolute atomic E-state index is 13.2. The van der Waals surface area contributed by atoms with E-state index in [1.807, 2.05) is 38.1 Å². The minimum Gasteiger partial charge on any atom is -0.497 e. The van der Waals surface area contributed by atoms with Gasteiger partial charge in [-0.3, -0.25) is 19.2 Å². The highest BCUT2D eigenvalue weighted by molar-refractivity contribution is 6.01. The monoisotopic (exact) mass is 552 g/mol.